The van der Waals surface area contributed by atoms with Crippen LogP contribution in [0.25, 0.3) is 10.9 Å². The number of aliphatic carboxylic acids is 1. The van der Waals surface area contributed by atoms with Gasteiger partial charge in [0.15, 0.2) is 0 Å². The van der Waals surface area contributed by atoms with E-state index >= 15 is 0 Å². The second-order valence-electron chi connectivity index (χ2n) is 9.66. The summed E-state index contributed by atoms with van der Waals surface area (Å²) in [5.74, 6) is -3.00. The van der Waals surface area contributed by atoms with Gasteiger partial charge in [0.1, 0.15) is 18.1 Å². The lowest BCUT2D eigenvalue weighted by Gasteiger charge is -2.27. The Bertz CT molecular complexity index is 1050. The molecule has 0 saturated carbocycles. The summed E-state index contributed by atoms with van der Waals surface area (Å²) in [6, 6.07) is 3.86. The number of amides is 3. The molecule has 0 aliphatic rings. The van der Waals surface area contributed by atoms with Crippen molar-refractivity contribution in [2.45, 2.75) is 71.6 Å². The Kier molecular flexibility index (Phi) is 9.82. The zero-order chi connectivity index (χ0) is 26.3. The van der Waals surface area contributed by atoms with E-state index in [2.05, 4.69) is 20.9 Å². The van der Waals surface area contributed by atoms with Crippen molar-refractivity contribution >= 4 is 34.6 Å². The SMILES string of the molecule is CC(C)CC(NC(=O)C(NC(=O)C(N)Cc1c[nH]c2ccccc12)C(C)C)C(=O)NC(C)C(=O)O. The smallest absolute Gasteiger partial charge is 0.325 e. The number of benzene rings is 1. The maximum Gasteiger partial charge on any atom is 0.325 e. The molecule has 0 fully saturated rings. The molecule has 35 heavy (non-hydrogen) atoms. The quantitative estimate of drug-likeness (QED) is 0.264. The van der Waals surface area contributed by atoms with Crippen LogP contribution >= 0.6 is 0 Å². The largest absolute Gasteiger partial charge is 0.480 e. The molecule has 1 aromatic carbocycles. The van der Waals surface area contributed by atoms with Crippen molar-refractivity contribution < 1.29 is 24.3 Å². The summed E-state index contributed by atoms with van der Waals surface area (Å²) < 4.78 is 0. The van der Waals surface area contributed by atoms with Crippen LogP contribution in [0.3, 0.4) is 0 Å². The normalized spacial score (nSPS) is 14.9. The molecule has 10 heteroatoms. The molecule has 0 spiro atoms. The second kappa shape index (κ2) is 12.3. The van der Waals surface area contributed by atoms with Crippen molar-refractivity contribution in [1.82, 2.24) is 20.9 Å². The molecule has 0 saturated heterocycles. The first-order valence-electron chi connectivity index (χ1n) is 11.8. The Labute approximate surface area is 205 Å². The number of carboxylic acid groups (broad SMARTS) is 1. The molecule has 7 N–H and O–H groups in total. The number of hydrogen-bond donors (Lipinski definition) is 6. The van der Waals surface area contributed by atoms with Crippen molar-refractivity contribution in [3.63, 3.8) is 0 Å². The fourth-order valence-electron chi connectivity index (χ4n) is 3.77. The van der Waals surface area contributed by atoms with Crippen molar-refractivity contribution in [3.8, 4) is 0 Å². The first-order chi connectivity index (χ1) is 16.4. The van der Waals surface area contributed by atoms with Gasteiger partial charge in [0.25, 0.3) is 0 Å². The number of carboxylic acids is 1. The predicted molar refractivity (Wildman–Crippen MR) is 133 cm³/mol. The van der Waals surface area contributed by atoms with Crippen molar-refractivity contribution in [2.24, 2.45) is 17.6 Å². The standard InChI is InChI=1S/C25H37N5O5/c1-13(2)10-20(23(32)28-15(5)25(34)35)29-24(33)21(14(3)4)30-22(31)18(26)11-16-12-27-19-9-7-6-8-17(16)19/h6-9,12-15,18,20-21,27H,10-11,26H2,1-5H3,(H,28,32)(H,29,33)(H,30,31)(H,34,35). The molecule has 0 bridgehead atoms. The van der Waals surface area contributed by atoms with Gasteiger partial charge in [0, 0.05) is 17.1 Å². The number of hydrogen-bond acceptors (Lipinski definition) is 5. The molecular weight excluding hydrogens is 450 g/mol. The zero-order valence-electron chi connectivity index (χ0n) is 20.9. The van der Waals surface area contributed by atoms with Gasteiger partial charge in [-0.25, -0.2) is 0 Å². The number of carbonyl (C=O) groups excluding carboxylic acids is 3. The van der Waals surface area contributed by atoms with E-state index in [1.54, 1.807) is 13.8 Å². The number of H-pyrrole nitrogens is 1. The summed E-state index contributed by atoms with van der Waals surface area (Å²) >= 11 is 0. The highest BCUT2D eigenvalue weighted by Crippen LogP contribution is 2.19. The van der Waals surface area contributed by atoms with Crippen LogP contribution in [0.1, 0.15) is 46.6 Å². The summed E-state index contributed by atoms with van der Waals surface area (Å²) in [7, 11) is 0. The minimum atomic E-state index is -1.18. The highest BCUT2D eigenvalue weighted by molar-refractivity contribution is 5.94. The topological polar surface area (TPSA) is 166 Å². The highest BCUT2D eigenvalue weighted by Gasteiger charge is 2.31. The molecule has 0 radical (unpaired) electrons. The van der Waals surface area contributed by atoms with Crippen LogP contribution in [0.4, 0.5) is 0 Å². The van der Waals surface area contributed by atoms with Crippen LogP contribution in [0.2, 0.25) is 0 Å². The van der Waals surface area contributed by atoms with Crippen LogP contribution in [0, 0.1) is 11.8 Å². The van der Waals surface area contributed by atoms with E-state index in [1.165, 1.54) is 6.92 Å². The molecule has 0 aliphatic heterocycles. The summed E-state index contributed by atoms with van der Waals surface area (Å²) in [5.41, 5.74) is 8.01. The van der Waals surface area contributed by atoms with Gasteiger partial charge >= 0.3 is 5.97 Å². The number of aromatic nitrogens is 1. The molecule has 1 aromatic heterocycles. The zero-order valence-corrected chi connectivity index (χ0v) is 20.9. The minimum absolute atomic E-state index is 0.0582. The van der Waals surface area contributed by atoms with Crippen LogP contribution in [-0.2, 0) is 25.6 Å². The molecule has 3 amide bonds. The molecular formula is C25H37N5O5. The van der Waals surface area contributed by atoms with Crippen LogP contribution < -0.4 is 21.7 Å². The third-order valence-corrected chi connectivity index (χ3v) is 5.77. The van der Waals surface area contributed by atoms with Crippen molar-refractivity contribution in [2.75, 3.05) is 0 Å². The maximum absolute atomic E-state index is 13.1. The summed E-state index contributed by atoms with van der Waals surface area (Å²) in [5, 5.41) is 17.9. The lowest BCUT2D eigenvalue weighted by molar-refractivity contribution is -0.142. The highest BCUT2D eigenvalue weighted by atomic mass is 16.4. The second-order valence-corrected chi connectivity index (χ2v) is 9.66. The molecule has 192 valence electrons. The van der Waals surface area contributed by atoms with Gasteiger partial charge in [0.2, 0.25) is 17.7 Å². The van der Waals surface area contributed by atoms with Crippen LogP contribution in [-0.4, -0.2) is 57.9 Å². The number of fused-ring (bicyclic) bond motifs is 1. The molecule has 2 rings (SSSR count). The molecule has 4 unspecified atom stereocenters. The minimum Gasteiger partial charge on any atom is -0.480 e. The number of para-hydroxylation sites is 1. The number of rotatable bonds is 12. The molecule has 10 nitrogen and oxygen atoms in total. The number of carbonyl (C=O) groups is 4. The van der Waals surface area contributed by atoms with Crippen molar-refractivity contribution in [3.05, 3.63) is 36.0 Å². The Balaban J connectivity index is 2.08. The van der Waals surface area contributed by atoms with E-state index in [9.17, 15) is 19.2 Å². The lowest BCUT2D eigenvalue weighted by atomic mass is 9.99. The maximum atomic E-state index is 13.1. The summed E-state index contributed by atoms with van der Waals surface area (Å²) in [6.07, 6.45) is 2.41. The molecule has 0 aliphatic carbocycles. The van der Waals surface area contributed by atoms with E-state index in [0.29, 0.717) is 6.42 Å². The fraction of sp³-hybridized carbons (Fsp3) is 0.520. The Hall–Kier alpha value is -3.40. The van der Waals surface area contributed by atoms with Gasteiger partial charge in [-0.1, -0.05) is 45.9 Å². The van der Waals surface area contributed by atoms with Gasteiger partial charge in [-0.05, 0) is 43.2 Å². The van der Waals surface area contributed by atoms with Gasteiger partial charge < -0.3 is 31.8 Å². The monoisotopic (exact) mass is 487 g/mol. The fourth-order valence-corrected chi connectivity index (χ4v) is 3.77. The lowest BCUT2D eigenvalue weighted by Crippen LogP contribution is -2.58. The van der Waals surface area contributed by atoms with Crippen molar-refractivity contribution in [1.29, 1.82) is 0 Å². The third-order valence-electron chi connectivity index (χ3n) is 5.77. The molecule has 1 heterocycles. The van der Waals surface area contributed by atoms with Crippen LogP contribution in [0.5, 0.6) is 0 Å². The average molecular weight is 488 g/mol. The predicted octanol–water partition coefficient (Wildman–Crippen LogP) is 1.30. The van der Waals surface area contributed by atoms with Gasteiger partial charge in [-0.15, -0.1) is 0 Å². The van der Waals surface area contributed by atoms with Gasteiger partial charge in [-0.3, -0.25) is 19.2 Å². The van der Waals surface area contributed by atoms with E-state index in [0.717, 1.165) is 16.5 Å². The molecule has 4 atom stereocenters. The first kappa shape index (κ1) is 27.8. The first-order valence-corrected chi connectivity index (χ1v) is 11.8. The number of nitrogens with one attached hydrogen (secondary N) is 4. The third kappa shape index (κ3) is 7.81. The van der Waals surface area contributed by atoms with Crippen LogP contribution in [0.15, 0.2) is 30.5 Å². The molecule has 2 aromatic rings. The Morgan fingerprint density at radius 3 is 2.20 bits per heavy atom. The van der Waals surface area contributed by atoms with Gasteiger partial charge in [0.05, 0.1) is 6.04 Å². The summed E-state index contributed by atoms with van der Waals surface area (Å²) in [4.78, 5) is 52.9. The van der Waals surface area contributed by atoms with E-state index in [-0.39, 0.29) is 18.3 Å². The van der Waals surface area contributed by atoms with Gasteiger partial charge in [-0.2, -0.15) is 0 Å². The number of nitrogens with two attached hydrogens (primary N) is 1. The van der Waals surface area contributed by atoms with E-state index in [1.807, 2.05) is 44.3 Å². The average Bonchev–Trinajstić information content (AvgIpc) is 3.18. The van der Waals surface area contributed by atoms with E-state index in [4.69, 9.17) is 10.8 Å². The summed E-state index contributed by atoms with van der Waals surface area (Å²) in [6.45, 7) is 8.68. The Morgan fingerprint density at radius 2 is 1.60 bits per heavy atom. The Morgan fingerprint density at radius 1 is 0.943 bits per heavy atom. The van der Waals surface area contributed by atoms with E-state index < -0.39 is 47.9 Å². The number of aromatic amines is 1.